The van der Waals surface area contributed by atoms with Crippen LogP contribution in [-0.2, 0) is 4.79 Å². The van der Waals surface area contributed by atoms with E-state index in [1.54, 1.807) is 12.5 Å². The van der Waals surface area contributed by atoms with E-state index in [1.165, 1.54) is 0 Å². The zero-order valence-electron chi connectivity index (χ0n) is 8.03. The lowest BCUT2D eigenvalue weighted by atomic mass is 9.86. The summed E-state index contributed by atoms with van der Waals surface area (Å²) in [4.78, 5) is 15.6. The van der Waals surface area contributed by atoms with Gasteiger partial charge in [-0.3, -0.25) is 4.79 Å². The first kappa shape index (κ1) is 8.48. The highest BCUT2D eigenvalue weighted by Crippen LogP contribution is 2.42. The van der Waals surface area contributed by atoms with E-state index < -0.39 is 0 Å². The molecule has 2 rings (SSSR count). The fourth-order valence-electron chi connectivity index (χ4n) is 2.11. The quantitative estimate of drug-likeness (QED) is 0.657. The van der Waals surface area contributed by atoms with E-state index in [2.05, 4.69) is 4.98 Å². The number of carbonyl (C=O) groups is 1. The molecule has 70 valence electrons. The summed E-state index contributed by atoms with van der Waals surface area (Å²) in [5, 5.41) is 0. The number of rotatable bonds is 1. The Bertz CT molecular complexity index is 314. The number of nitrogens with zero attached hydrogens (tertiary/aromatic N) is 2. The van der Waals surface area contributed by atoms with Gasteiger partial charge in [0.2, 0.25) is 0 Å². The first-order valence-corrected chi connectivity index (χ1v) is 4.63. The topological polar surface area (TPSA) is 34.9 Å². The van der Waals surface area contributed by atoms with Crippen LogP contribution in [0.1, 0.15) is 32.7 Å². The predicted molar refractivity (Wildman–Crippen MR) is 49.3 cm³/mol. The summed E-state index contributed by atoms with van der Waals surface area (Å²) in [6, 6.07) is 0.294. The van der Waals surface area contributed by atoms with Crippen LogP contribution in [0.4, 0.5) is 0 Å². The van der Waals surface area contributed by atoms with Crippen LogP contribution in [0.2, 0.25) is 0 Å². The molecule has 1 heterocycles. The summed E-state index contributed by atoms with van der Waals surface area (Å²) >= 11 is 0. The van der Waals surface area contributed by atoms with E-state index in [9.17, 15) is 4.79 Å². The van der Waals surface area contributed by atoms with Crippen molar-refractivity contribution in [2.75, 3.05) is 0 Å². The van der Waals surface area contributed by atoms with Crippen LogP contribution in [0.5, 0.6) is 0 Å². The molecule has 1 aromatic heterocycles. The van der Waals surface area contributed by atoms with Crippen molar-refractivity contribution in [2.45, 2.75) is 32.7 Å². The summed E-state index contributed by atoms with van der Waals surface area (Å²) in [5.41, 5.74) is -0.222. The van der Waals surface area contributed by atoms with E-state index in [0.717, 1.165) is 6.42 Å². The smallest absolute Gasteiger partial charge is 0.140 e. The van der Waals surface area contributed by atoms with E-state index >= 15 is 0 Å². The van der Waals surface area contributed by atoms with Gasteiger partial charge in [-0.1, -0.05) is 13.8 Å². The standard InChI is InChI=1S/C10H14N2O/c1-10(2)8(3-4-9(10)13)12-6-5-11-7-12/h5-8H,3-4H2,1-2H3. The summed E-state index contributed by atoms with van der Waals surface area (Å²) in [7, 11) is 0. The highest BCUT2D eigenvalue weighted by Gasteiger charge is 2.42. The molecule has 0 aromatic carbocycles. The van der Waals surface area contributed by atoms with Crippen LogP contribution >= 0.6 is 0 Å². The van der Waals surface area contributed by atoms with Crippen molar-refractivity contribution in [3.8, 4) is 0 Å². The van der Waals surface area contributed by atoms with Crippen molar-refractivity contribution < 1.29 is 4.79 Å². The molecule has 1 saturated carbocycles. The SMILES string of the molecule is CC1(C)C(=O)CCC1n1ccnc1. The molecule has 3 nitrogen and oxygen atoms in total. The van der Waals surface area contributed by atoms with Crippen LogP contribution in [-0.4, -0.2) is 15.3 Å². The molecule has 13 heavy (non-hydrogen) atoms. The Kier molecular flexibility index (Phi) is 1.75. The Morgan fingerprint density at radius 2 is 2.38 bits per heavy atom. The molecule has 1 atom stereocenters. The third-order valence-corrected chi connectivity index (χ3v) is 3.08. The highest BCUT2D eigenvalue weighted by atomic mass is 16.1. The van der Waals surface area contributed by atoms with Crippen LogP contribution in [0.3, 0.4) is 0 Å². The first-order chi connectivity index (χ1) is 6.12. The molecule has 1 aliphatic carbocycles. The number of imidazole rings is 1. The molecule has 0 N–H and O–H groups in total. The van der Waals surface area contributed by atoms with Crippen molar-refractivity contribution in [2.24, 2.45) is 5.41 Å². The Hall–Kier alpha value is -1.12. The monoisotopic (exact) mass is 178 g/mol. The summed E-state index contributed by atoms with van der Waals surface area (Å²) in [5.74, 6) is 0.367. The fraction of sp³-hybridized carbons (Fsp3) is 0.600. The van der Waals surface area contributed by atoms with Gasteiger partial charge in [0.25, 0.3) is 0 Å². The molecule has 1 unspecified atom stereocenters. The van der Waals surface area contributed by atoms with Gasteiger partial charge < -0.3 is 4.57 Å². The molecule has 1 aliphatic rings. The molecule has 0 saturated heterocycles. The van der Waals surface area contributed by atoms with Gasteiger partial charge in [0.1, 0.15) is 5.78 Å². The number of hydrogen-bond donors (Lipinski definition) is 0. The van der Waals surface area contributed by atoms with Crippen molar-refractivity contribution in [1.82, 2.24) is 9.55 Å². The Balaban J connectivity index is 2.32. The third kappa shape index (κ3) is 1.19. The lowest BCUT2D eigenvalue weighted by Gasteiger charge is -2.26. The maximum atomic E-state index is 11.6. The van der Waals surface area contributed by atoms with Crippen LogP contribution in [0.15, 0.2) is 18.7 Å². The van der Waals surface area contributed by atoms with Gasteiger partial charge in [0.05, 0.1) is 6.33 Å². The average molecular weight is 178 g/mol. The molecular weight excluding hydrogens is 164 g/mol. The largest absolute Gasteiger partial charge is 0.333 e. The molecule has 0 spiro atoms. The minimum atomic E-state index is -0.222. The number of ketones is 1. The molecule has 1 aromatic rings. The normalized spacial score (nSPS) is 26.6. The zero-order chi connectivity index (χ0) is 9.47. The average Bonchev–Trinajstić information content (AvgIpc) is 2.62. The number of aromatic nitrogens is 2. The molecule has 0 radical (unpaired) electrons. The summed E-state index contributed by atoms with van der Waals surface area (Å²) in [6.07, 6.45) is 7.15. The highest BCUT2D eigenvalue weighted by molar-refractivity contribution is 5.86. The van der Waals surface area contributed by atoms with Gasteiger partial charge in [-0.2, -0.15) is 0 Å². The Morgan fingerprint density at radius 1 is 1.62 bits per heavy atom. The molecular formula is C10H14N2O. The van der Waals surface area contributed by atoms with E-state index in [0.29, 0.717) is 18.2 Å². The van der Waals surface area contributed by atoms with Gasteiger partial charge in [-0.15, -0.1) is 0 Å². The van der Waals surface area contributed by atoms with E-state index in [4.69, 9.17) is 0 Å². The van der Waals surface area contributed by atoms with E-state index in [-0.39, 0.29) is 5.41 Å². The van der Waals surface area contributed by atoms with Gasteiger partial charge >= 0.3 is 0 Å². The van der Waals surface area contributed by atoms with E-state index in [1.807, 2.05) is 24.6 Å². The predicted octanol–water partition coefficient (Wildman–Crippen LogP) is 1.81. The Morgan fingerprint density at radius 3 is 2.85 bits per heavy atom. The van der Waals surface area contributed by atoms with Crippen LogP contribution < -0.4 is 0 Å². The second-order valence-corrected chi connectivity index (χ2v) is 4.21. The first-order valence-electron chi connectivity index (χ1n) is 4.63. The second kappa shape index (κ2) is 2.69. The Labute approximate surface area is 77.8 Å². The van der Waals surface area contributed by atoms with Crippen molar-refractivity contribution >= 4 is 5.78 Å². The summed E-state index contributed by atoms with van der Waals surface area (Å²) < 4.78 is 2.05. The van der Waals surface area contributed by atoms with Gasteiger partial charge in [-0.25, -0.2) is 4.98 Å². The lowest BCUT2D eigenvalue weighted by Crippen LogP contribution is -2.26. The number of carbonyl (C=O) groups excluding carboxylic acids is 1. The maximum Gasteiger partial charge on any atom is 0.140 e. The molecule has 0 bridgehead atoms. The second-order valence-electron chi connectivity index (χ2n) is 4.21. The van der Waals surface area contributed by atoms with Crippen molar-refractivity contribution in [3.63, 3.8) is 0 Å². The third-order valence-electron chi connectivity index (χ3n) is 3.08. The lowest BCUT2D eigenvalue weighted by molar-refractivity contribution is -0.125. The van der Waals surface area contributed by atoms with Gasteiger partial charge in [-0.05, 0) is 6.42 Å². The molecule has 0 aliphatic heterocycles. The number of hydrogen-bond acceptors (Lipinski definition) is 2. The van der Waals surface area contributed by atoms with Crippen LogP contribution in [0.25, 0.3) is 0 Å². The minimum Gasteiger partial charge on any atom is -0.333 e. The zero-order valence-corrected chi connectivity index (χ0v) is 8.03. The minimum absolute atomic E-state index is 0.222. The molecule has 3 heteroatoms. The van der Waals surface area contributed by atoms with Crippen LogP contribution in [0, 0.1) is 5.41 Å². The summed E-state index contributed by atoms with van der Waals surface area (Å²) in [6.45, 7) is 4.04. The van der Waals surface area contributed by atoms with Gasteiger partial charge in [0, 0.05) is 30.3 Å². The molecule has 0 amide bonds. The maximum absolute atomic E-state index is 11.6. The molecule has 1 fully saturated rings. The number of Topliss-reactive ketones (excluding diaryl/α,β-unsaturated/α-hetero) is 1. The van der Waals surface area contributed by atoms with Crippen molar-refractivity contribution in [1.29, 1.82) is 0 Å². The van der Waals surface area contributed by atoms with Gasteiger partial charge in [0.15, 0.2) is 0 Å². The van der Waals surface area contributed by atoms with Crippen molar-refractivity contribution in [3.05, 3.63) is 18.7 Å². The fourth-order valence-corrected chi connectivity index (χ4v) is 2.11.